The van der Waals surface area contributed by atoms with E-state index in [1.807, 2.05) is 24.3 Å². The Morgan fingerprint density at radius 3 is 0.891 bits per heavy atom. The molecule has 2 aromatic rings. The first-order valence-corrected chi connectivity index (χ1v) is 37.9. The van der Waals surface area contributed by atoms with E-state index in [1.54, 1.807) is 63.7 Å². The molecule has 0 aromatic heterocycles. The SMILES string of the molecule is CC#CC#CC#CC#CC#CC#CC#CC#CC#CC#CC#CC#CC#CC#CC#CC#CC#CC#CC#CC#CC#CC.CCC(=O)C(=O)NCCCC/C=C\CCCCCCCCCI.CCC(=O)C(=O)NCCCC/C=C\CCCCCCCCCSc1ccccc1O.O=CO[O-].Oc1ccccc1S.[K+]. The van der Waals surface area contributed by atoms with Gasteiger partial charge in [0.2, 0.25) is 11.6 Å². The predicted octanol–water partition coefficient (Wildman–Crippen LogP) is 10.0. The van der Waals surface area contributed by atoms with Gasteiger partial charge in [0.1, 0.15) is 11.5 Å². The summed E-state index contributed by atoms with van der Waals surface area (Å²) < 4.78 is 1.30. The molecule has 0 fully saturated rings. The molecule has 15 heteroatoms. The molecule has 0 bridgehead atoms. The molecule has 11 nitrogen and oxygen atoms in total. The number of benzene rings is 2. The minimum Gasteiger partial charge on any atom is -0.662 e. The maximum absolute atomic E-state index is 11.3. The summed E-state index contributed by atoms with van der Waals surface area (Å²) in [6.45, 7) is 7.80. The minimum absolute atomic E-state index is 0. The quantitative estimate of drug-likeness (QED) is 0.00362. The number of carbonyl (C=O) groups excluding carboxylic acids is 5. The van der Waals surface area contributed by atoms with Gasteiger partial charge in [-0.15, -0.1) is 24.4 Å². The van der Waals surface area contributed by atoms with Crippen LogP contribution in [0.4, 0.5) is 0 Å². The molecule has 4 N–H and O–H groups in total. The predicted molar refractivity (Wildman–Crippen MR) is 451 cm³/mol. The number of nitrogens with one attached hydrogen (secondary N) is 2. The van der Waals surface area contributed by atoms with E-state index in [-0.39, 0.29) is 88.0 Å². The van der Waals surface area contributed by atoms with Crippen LogP contribution in [0.3, 0.4) is 0 Å². The van der Waals surface area contributed by atoms with Crippen LogP contribution in [0.5, 0.6) is 11.5 Å². The van der Waals surface area contributed by atoms with Crippen molar-refractivity contribution < 1.29 is 95.7 Å². The molecule has 0 atom stereocenters. The van der Waals surface area contributed by atoms with Gasteiger partial charge >= 0.3 is 51.4 Å². The van der Waals surface area contributed by atoms with E-state index in [2.05, 4.69) is 324 Å². The summed E-state index contributed by atoms with van der Waals surface area (Å²) in [4.78, 5) is 57.6. The average Bonchev–Trinajstić information content (AvgIpc) is 0.919. The van der Waals surface area contributed by atoms with Crippen molar-refractivity contribution in [3.05, 3.63) is 72.8 Å². The van der Waals surface area contributed by atoms with Gasteiger partial charge in [0, 0.05) is 178 Å². The van der Waals surface area contributed by atoms with Crippen LogP contribution in [-0.4, -0.2) is 63.3 Å². The largest absolute Gasteiger partial charge is 1.00 e. The van der Waals surface area contributed by atoms with Crippen molar-refractivity contribution >= 4 is 76.8 Å². The number of alkyl halides is 1. The molecule has 0 heterocycles. The second kappa shape index (κ2) is 92.3. The zero-order valence-corrected chi connectivity index (χ0v) is 70.3. The number of halogens is 1. The molecule has 0 saturated carbocycles. The Labute approximate surface area is 723 Å². The van der Waals surface area contributed by atoms with Gasteiger partial charge in [-0.25, -0.2) is 0 Å². The number of para-hydroxylation sites is 2. The van der Waals surface area contributed by atoms with E-state index in [9.17, 15) is 24.3 Å². The second-order valence-corrected chi connectivity index (χ2v) is 23.4. The first-order chi connectivity index (χ1) is 53.5. The maximum atomic E-state index is 11.3. The molecule has 110 heavy (non-hydrogen) atoms. The van der Waals surface area contributed by atoms with E-state index < -0.39 is 11.8 Å². The zero-order valence-electron chi connectivity index (χ0n) is 63.3. The van der Waals surface area contributed by atoms with Gasteiger partial charge in [-0.1, -0.05) is 161 Å². The van der Waals surface area contributed by atoms with Crippen LogP contribution in [0.15, 0.2) is 82.6 Å². The molecular formula is C95H86IKN2O9S2. The van der Waals surface area contributed by atoms with Crippen molar-refractivity contribution in [3.8, 4) is 260 Å². The number of amides is 2. The topological polar surface area (TPSA) is 182 Å². The number of allylic oxidation sites excluding steroid dienone is 4. The molecule has 0 aliphatic carbocycles. The van der Waals surface area contributed by atoms with E-state index in [0.29, 0.717) is 23.7 Å². The summed E-state index contributed by atoms with van der Waals surface area (Å²) in [6, 6.07) is 14.5. The third-order valence-electron chi connectivity index (χ3n) is 12.4. The fourth-order valence-corrected chi connectivity index (χ4v) is 8.85. The molecule has 0 saturated heterocycles. The van der Waals surface area contributed by atoms with E-state index in [0.717, 1.165) is 55.6 Å². The van der Waals surface area contributed by atoms with Gasteiger partial charge in [0.15, 0.2) is 0 Å². The van der Waals surface area contributed by atoms with Crippen LogP contribution in [0.2, 0.25) is 0 Å². The summed E-state index contributed by atoms with van der Waals surface area (Å²) in [7, 11) is 0. The fraction of sp³-hybridized carbons (Fsp3) is 0.337. The summed E-state index contributed by atoms with van der Waals surface area (Å²) in [5.41, 5.74) is 0. The van der Waals surface area contributed by atoms with Gasteiger partial charge < -0.3 is 31.0 Å². The fourth-order valence-electron chi connectivity index (χ4n) is 7.19. The molecule has 0 spiro atoms. The van der Waals surface area contributed by atoms with Crippen molar-refractivity contribution in [2.45, 2.75) is 192 Å². The summed E-state index contributed by atoms with van der Waals surface area (Å²) >= 11 is 8.15. The standard InChI is InChI=1S/C44H6.C25H39NO3S.C19H34INO2.C6H6OS.CH2O3.K/c1-3-5-7-9-11-13-15-17-19-21-23-25-27-29-31-33-35-37-39-41-43-44-42-40-38-36-34-32-30-28-26-24-22-20-18-16-14-12-10-8-6-4-2;1-2-22(27)25(29)26-20-16-12-10-8-6-4-3-5-7-9-11-13-17-21-30-24-19-15-14-18-23(24)28;1-2-18(22)19(23)21-17-15-13-11-9-7-5-3-4-6-8-10-12-14-16-20;7-5-3-1-2-4-6(5)8;2-1-4-3;/h1-2H3;6,8,14-15,18-19,28H,2-5,7,9-13,16-17,20-21H2,1H3,(H,26,29);7,9H,2-6,8,10-17H2,1H3,(H,21,23);1-4,7-8H;1,3H;/q;;;;;+1/p-1/b;8-6-;9-7-;;;. The number of thiol groups is 1. The van der Waals surface area contributed by atoms with Crippen molar-refractivity contribution in [2.24, 2.45) is 0 Å². The average molecular weight is 1630 g/mol. The monoisotopic (exact) mass is 1630 g/mol. The number of ketones is 2. The Kier molecular flexibility index (Phi) is 88.4. The Balaban J connectivity index is -0.000000735. The van der Waals surface area contributed by atoms with Gasteiger partial charge in [-0.2, -0.15) is 0 Å². The van der Waals surface area contributed by atoms with Crippen molar-refractivity contribution in [1.82, 2.24) is 10.6 Å². The van der Waals surface area contributed by atoms with Crippen LogP contribution < -0.4 is 67.3 Å². The second-order valence-electron chi connectivity index (χ2n) is 20.7. The molecule has 0 aliphatic heterocycles. The van der Waals surface area contributed by atoms with Crippen molar-refractivity contribution in [2.75, 3.05) is 23.3 Å². The van der Waals surface area contributed by atoms with Crippen LogP contribution in [0, 0.1) is 249 Å². The zero-order chi connectivity index (χ0) is 80.1. The number of hydrogen-bond acceptors (Lipinski definition) is 11. The molecule has 2 rings (SSSR count). The van der Waals surface area contributed by atoms with Crippen LogP contribution in [-0.2, 0) is 28.9 Å². The van der Waals surface area contributed by atoms with E-state index in [1.165, 1.54) is 101 Å². The van der Waals surface area contributed by atoms with Crippen LogP contribution in [0.25, 0.3) is 0 Å². The summed E-state index contributed by atoms with van der Waals surface area (Å²) in [5, 5.41) is 32.3. The Hall–Kier alpha value is -10.9. The number of aromatic hydroxyl groups is 2. The molecule has 0 radical (unpaired) electrons. The Morgan fingerprint density at radius 1 is 0.400 bits per heavy atom. The van der Waals surface area contributed by atoms with Gasteiger partial charge in [0.25, 0.3) is 18.3 Å². The number of unbranched alkanes of at least 4 members (excludes halogenated alkanes) is 18. The van der Waals surface area contributed by atoms with Gasteiger partial charge in [0.05, 0.1) is 0 Å². The number of Topliss-reactive ketones (excluding diaryl/α,β-unsaturated/α-hetero) is 2. The summed E-state index contributed by atoms with van der Waals surface area (Å²) in [5.74, 6) is 106. The third-order valence-corrected chi connectivity index (χ3v) is 14.7. The first kappa shape index (κ1) is 105. The number of rotatable bonds is 35. The van der Waals surface area contributed by atoms with Gasteiger partial charge in [-0.05, 0) is 220 Å². The Bertz CT molecular complexity index is 4490. The molecule has 2 aromatic carbocycles. The molecule has 550 valence electrons. The van der Waals surface area contributed by atoms with Crippen molar-refractivity contribution in [3.63, 3.8) is 0 Å². The summed E-state index contributed by atoms with van der Waals surface area (Å²) in [6.07, 6.45) is 36.6. The minimum atomic E-state index is -0.445. The molecule has 0 aliphatic rings. The number of phenolic OH excluding ortho intramolecular Hbond substituents is 2. The smallest absolute Gasteiger partial charge is 0.662 e. The maximum Gasteiger partial charge on any atom is 1.00 e. The Morgan fingerprint density at radius 2 is 0.645 bits per heavy atom. The molecule has 2 amide bonds. The van der Waals surface area contributed by atoms with Crippen LogP contribution >= 0.6 is 47.0 Å². The van der Waals surface area contributed by atoms with Crippen molar-refractivity contribution in [1.29, 1.82) is 0 Å². The number of hydrogen-bond donors (Lipinski definition) is 5. The molecular weight excluding hydrogens is 1540 g/mol. The number of thioether (sulfide) groups is 1. The normalized spacial score (nSPS) is 7.77. The van der Waals surface area contributed by atoms with Crippen LogP contribution in [0.1, 0.15) is 182 Å². The van der Waals surface area contributed by atoms with Gasteiger partial charge in [-0.3, -0.25) is 24.0 Å². The van der Waals surface area contributed by atoms with E-state index in [4.69, 9.17) is 15.2 Å². The first-order valence-electron chi connectivity index (χ1n) is 34.9. The third kappa shape index (κ3) is 86.0. The molecule has 0 unspecified atom stereocenters. The number of carbonyl (C=O) groups is 5. The number of phenols is 2. The van der Waals surface area contributed by atoms with E-state index >= 15 is 0 Å².